The Labute approximate surface area is 97.4 Å². The Morgan fingerprint density at radius 2 is 2.06 bits per heavy atom. The van der Waals surface area contributed by atoms with E-state index in [4.69, 9.17) is 9.84 Å². The Morgan fingerprint density at radius 1 is 1.41 bits per heavy atom. The summed E-state index contributed by atoms with van der Waals surface area (Å²) in [5, 5.41) is 8.44. The Balaban J connectivity index is 2.54. The molecule has 0 heterocycles. The third-order valence-corrected chi connectivity index (χ3v) is 2.01. The van der Waals surface area contributed by atoms with Gasteiger partial charge in [-0.15, -0.1) is 0 Å². The lowest BCUT2D eigenvalue weighted by Gasteiger charge is -2.15. The van der Waals surface area contributed by atoms with Crippen LogP contribution in [0.5, 0.6) is 5.75 Å². The molecular formula is C11H12FNO4. The molecule has 0 unspecified atom stereocenters. The van der Waals surface area contributed by atoms with Gasteiger partial charge in [0.05, 0.1) is 6.42 Å². The Hall–Kier alpha value is -2.11. The van der Waals surface area contributed by atoms with E-state index in [-0.39, 0.29) is 18.7 Å². The molecule has 0 saturated carbocycles. The number of ether oxygens (including phenoxy) is 1. The number of carbonyl (C=O) groups is 2. The van der Waals surface area contributed by atoms with E-state index in [1.165, 1.54) is 31.3 Å². The van der Waals surface area contributed by atoms with Gasteiger partial charge in [-0.25, -0.2) is 9.18 Å². The van der Waals surface area contributed by atoms with Crippen LogP contribution in [-0.2, 0) is 4.79 Å². The van der Waals surface area contributed by atoms with Crippen LogP contribution in [0.1, 0.15) is 6.42 Å². The lowest BCUT2D eigenvalue weighted by Crippen LogP contribution is -2.31. The summed E-state index contributed by atoms with van der Waals surface area (Å²) in [5.74, 6) is -1.84. The van der Waals surface area contributed by atoms with E-state index in [0.717, 1.165) is 4.90 Å². The molecule has 92 valence electrons. The van der Waals surface area contributed by atoms with Crippen molar-refractivity contribution in [1.29, 1.82) is 0 Å². The van der Waals surface area contributed by atoms with E-state index < -0.39 is 17.9 Å². The van der Waals surface area contributed by atoms with Crippen molar-refractivity contribution in [2.24, 2.45) is 0 Å². The van der Waals surface area contributed by atoms with Crippen molar-refractivity contribution in [3.8, 4) is 5.75 Å². The molecule has 0 spiro atoms. The molecule has 5 nitrogen and oxygen atoms in total. The summed E-state index contributed by atoms with van der Waals surface area (Å²) in [6.07, 6.45) is -0.987. The molecule has 1 aromatic carbocycles. The van der Waals surface area contributed by atoms with Gasteiger partial charge in [0.1, 0.15) is 0 Å². The van der Waals surface area contributed by atoms with Crippen LogP contribution in [0.4, 0.5) is 9.18 Å². The number of carboxylic acids is 1. The van der Waals surface area contributed by atoms with Gasteiger partial charge in [-0.3, -0.25) is 4.79 Å². The van der Waals surface area contributed by atoms with Gasteiger partial charge >= 0.3 is 12.1 Å². The summed E-state index contributed by atoms with van der Waals surface area (Å²) < 4.78 is 17.9. The van der Waals surface area contributed by atoms with E-state index in [9.17, 15) is 14.0 Å². The molecule has 0 fully saturated rings. The molecule has 0 aliphatic rings. The average Bonchev–Trinajstić information content (AvgIpc) is 2.28. The van der Waals surface area contributed by atoms with Crippen LogP contribution < -0.4 is 4.74 Å². The Bertz CT molecular complexity index is 422. The second kappa shape index (κ2) is 5.83. The van der Waals surface area contributed by atoms with Crippen molar-refractivity contribution in [2.75, 3.05) is 13.6 Å². The number of aliphatic carboxylic acids is 1. The van der Waals surface area contributed by atoms with Crippen LogP contribution in [0.15, 0.2) is 24.3 Å². The molecule has 0 bridgehead atoms. The summed E-state index contributed by atoms with van der Waals surface area (Å²) in [7, 11) is 1.38. The van der Waals surface area contributed by atoms with Crippen molar-refractivity contribution in [3.63, 3.8) is 0 Å². The third-order valence-electron chi connectivity index (χ3n) is 2.01. The highest BCUT2D eigenvalue weighted by Gasteiger charge is 2.14. The first-order valence-electron chi connectivity index (χ1n) is 4.90. The second-order valence-electron chi connectivity index (χ2n) is 3.36. The first-order chi connectivity index (χ1) is 8.00. The summed E-state index contributed by atoms with van der Waals surface area (Å²) in [5.41, 5.74) is 0. The third kappa shape index (κ3) is 4.10. The molecule has 0 atom stereocenters. The second-order valence-corrected chi connectivity index (χ2v) is 3.36. The van der Waals surface area contributed by atoms with Crippen molar-refractivity contribution in [1.82, 2.24) is 4.90 Å². The van der Waals surface area contributed by atoms with Crippen LogP contribution >= 0.6 is 0 Å². The quantitative estimate of drug-likeness (QED) is 0.871. The zero-order valence-electron chi connectivity index (χ0n) is 9.22. The van der Waals surface area contributed by atoms with Crippen LogP contribution in [0.25, 0.3) is 0 Å². The minimum atomic E-state index is -1.02. The number of carbonyl (C=O) groups excluding carboxylic acids is 1. The molecule has 1 N–H and O–H groups in total. The van der Waals surface area contributed by atoms with E-state index in [1.54, 1.807) is 0 Å². The van der Waals surface area contributed by atoms with E-state index in [0.29, 0.717) is 0 Å². The summed E-state index contributed by atoms with van der Waals surface area (Å²) >= 11 is 0. The van der Waals surface area contributed by atoms with E-state index in [2.05, 4.69) is 0 Å². The molecule has 0 saturated heterocycles. The fraction of sp³-hybridized carbons (Fsp3) is 0.273. The first-order valence-corrected chi connectivity index (χ1v) is 4.90. The van der Waals surface area contributed by atoms with Crippen LogP contribution in [0.2, 0.25) is 0 Å². The van der Waals surface area contributed by atoms with E-state index >= 15 is 0 Å². The van der Waals surface area contributed by atoms with E-state index in [1.807, 2.05) is 0 Å². The fourth-order valence-corrected chi connectivity index (χ4v) is 1.05. The van der Waals surface area contributed by atoms with Gasteiger partial charge in [0, 0.05) is 13.6 Å². The molecule has 0 aliphatic heterocycles. The molecule has 1 rings (SSSR count). The van der Waals surface area contributed by atoms with Crippen LogP contribution in [0.3, 0.4) is 0 Å². The number of hydrogen-bond acceptors (Lipinski definition) is 3. The number of amides is 1. The van der Waals surface area contributed by atoms with Gasteiger partial charge in [-0.2, -0.15) is 0 Å². The largest absolute Gasteiger partial charge is 0.481 e. The number of halogens is 1. The summed E-state index contributed by atoms with van der Waals surface area (Å²) in [6.45, 7) is 0.00260. The predicted octanol–water partition coefficient (Wildman–Crippen LogP) is 1.73. The minimum absolute atomic E-state index is 0.00260. The first kappa shape index (κ1) is 13.0. The number of rotatable bonds is 4. The molecule has 1 aromatic rings. The maximum absolute atomic E-state index is 13.1. The van der Waals surface area contributed by atoms with Crippen LogP contribution in [0, 0.1) is 5.82 Å². The van der Waals surface area contributed by atoms with Crippen LogP contribution in [-0.4, -0.2) is 35.7 Å². The van der Waals surface area contributed by atoms with Gasteiger partial charge in [-0.1, -0.05) is 12.1 Å². The highest BCUT2D eigenvalue weighted by atomic mass is 19.1. The number of benzene rings is 1. The Kier molecular flexibility index (Phi) is 4.45. The minimum Gasteiger partial charge on any atom is -0.481 e. The molecule has 0 aliphatic carbocycles. The van der Waals surface area contributed by atoms with Crippen molar-refractivity contribution in [2.45, 2.75) is 6.42 Å². The smallest absolute Gasteiger partial charge is 0.415 e. The highest BCUT2D eigenvalue weighted by molar-refractivity contribution is 5.72. The maximum atomic E-state index is 13.1. The number of carboxylic acid groups (broad SMARTS) is 1. The monoisotopic (exact) mass is 241 g/mol. The SMILES string of the molecule is CN(CCC(=O)O)C(=O)Oc1ccccc1F. The molecule has 6 heteroatoms. The van der Waals surface area contributed by atoms with Gasteiger partial charge in [0.15, 0.2) is 11.6 Å². The van der Waals surface area contributed by atoms with Gasteiger partial charge in [-0.05, 0) is 12.1 Å². The normalized spacial score (nSPS) is 9.76. The number of para-hydroxylation sites is 1. The summed E-state index contributed by atoms with van der Waals surface area (Å²) in [4.78, 5) is 22.8. The molecule has 1 amide bonds. The highest BCUT2D eigenvalue weighted by Crippen LogP contribution is 2.16. The summed E-state index contributed by atoms with van der Waals surface area (Å²) in [6, 6.07) is 5.49. The van der Waals surface area contributed by atoms with Gasteiger partial charge in [0.25, 0.3) is 0 Å². The number of nitrogens with zero attached hydrogens (tertiary/aromatic N) is 1. The average molecular weight is 241 g/mol. The van der Waals surface area contributed by atoms with Crippen molar-refractivity contribution >= 4 is 12.1 Å². The molecule has 17 heavy (non-hydrogen) atoms. The zero-order valence-corrected chi connectivity index (χ0v) is 9.22. The standard InChI is InChI=1S/C11H12FNO4/c1-13(7-6-10(14)15)11(16)17-9-5-3-2-4-8(9)12/h2-5H,6-7H2,1H3,(H,14,15). The predicted molar refractivity (Wildman–Crippen MR) is 57.3 cm³/mol. The maximum Gasteiger partial charge on any atom is 0.415 e. The van der Waals surface area contributed by atoms with Crippen molar-refractivity contribution < 1.29 is 23.8 Å². The van der Waals surface area contributed by atoms with Gasteiger partial charge in [0.2, 0.25) is 0 Å². The topological polar surface area (TPSA) is 66.8 Å². The van der Waals surface area contributed by atoms with Gasteiger partial charge < -0.3 is 14.7 Å². The molecule has 0 radical (unpaired) electrons. The molecule has 0 aromatic heterocycles. The Morgan fingerprint density at radius 3 is 2.65 bits per heavy atom. The molecular weight excluding hydrogens is 229 g/mol. The number of hydrogen-bond donors (Lipinski definition) is 1. The zero-order chi connectivity index (χ0) is 12.8. The van der Waals surface area contributed by atoms with Crippen molar-refractivity contribution in [3.05, 3.63) is 30.1 Å². The lowest BCUT2D eigenvalue weighted by molar-refractivity contribution is -0.137. The fourth-order valence-electron chi connectivity index (χ4n) is 1.05. The lowest BCUT2D eigenvalue weighted by atomic mass is 10.3.